The Morgan fingerprint density at radius 1 is 0.833 bits per heavy atom. The highest BCUT2D eigenvalue weighted by Crippen LogP contribution is 2.53. The molecule has 0 bridgehead atoms. The van der Waals surface area contributed by atoms with E-state index in [0.717, 1.165) is 12.1 Å². The van der Waals surface area contributed by atoms with E-state index in [1.54, 1.807) is 0 Å². The second-order valence-corrected chi connectivity index (χ2v) is 3.80. The van der Waals surface area contributed by atoms with Crippen molar-refractivity contribution in [2.45, 2.75) is 18.0 Å². The van der Waals surface area contributed by atoms with Gasteiger partial charge in [-0.3, -0.25) is 0 Å². The fourth-order valence-electron chi connectivity index (χ4n) is 1.80. The molecule has 0 atom stereocenters. The van der Waals surface area contributed by atoms with E-state index in [1.165, 1.54) is 0 Å². The average molecular weight is 270 g/mol. The van der Waals surface area contributed by atoms with Crippen LogP contribution in [0.1, 0.15) is 11.1 Å². The van der Waals surface area contributed by atoms with Gasteiger partial charge in [-0.1, -0.05) is 24.3 Å². The van der Waals surface area contributed by atoms with Crippen molar-refractivity contribution in [1.29, 1.82) is 0 Å². The Hall–Kier alpha value is -1.53. The van der Waals surface area contributed by atoms with Gasteiger partial charge in [0, 0.05) is 17.2 Å². The van der Waals surface area contributed by atoms with Crippen LogP contribution >= 0.6 is 0 Å². The van der Waals surface area contributed by atoms with Gasteiger partial charge < -0.3 is 0 Å². The van der Waals surface area contributed by atoms with Crippen LogP contribution in [0.4, 0.5) is 30.7 Å². The molecule has 0 N–H and O–H groups in total. The van der Waals surface area contributed by atoms with Crippen LogP contribution < -0.4 is 0 Å². The second kappa shape index (κ2) is 3.49. The lowest BCUT2D eigenvalue weighted by atomic mass is 9.85. The van der Waals surface area contributed by atoms with Crippen molar-refractivity contribution in [3.63, 3.8) is 0 Å². The molecule has 0 unspecified atom stereocenters. The van der Waals surface area contributed by atoms with Gasteiger partial charge in [-0.25, -0.2) is 0 Å². The molecular formula is C11H5F7. The molecule has 2 rings (SSSR count). The first-order valence-electron chi connectivity index (χ1n) is 4.73. The summed E-state index contributed by atoms with van der Waals surface area (Å²) in [6.45, 7) is 0. The zero-order valence-electron chi connectivity index (χ0n) is 8.53. The number of alkyl halides is 7. The predicted octanol–water partition coefficient (Wildman–Crippen LogP) is 4.37. The summed E-state index contributed by atoms with van der Waals surface area (Å²) >= 11 is 0. The first kappa shape index (κ1) is 12.9. The van der Waals surface area contributed by atoms with Crippen LogP contribution in [0.3, 0.4) is 0 Å². The van der Waals surface area contributed by atoms with Gasteiger partial charge >= 0.3 is 12.1 Å². The van der Waals surface area contributed by atoms with Gasteiger partial charge in [-0.2, -0.15) is 30.7 Å². The average Bonchev–Trinajstić information content (AvgIpc) is 2.23. The van der Waals surface area contributed by atoms with E-state index in [1.807, 2.05) is 0 Å². The second-order valence-electron chi connectivity index (χ2n) is 3.80. The van der Waals surface area contributed by atoms with Gasteiger partial charge in [0.25, 0.3) is 5.92 Å². The van der Waals surface area contributed by atoms with Crippen molar-refractivity contribution in [3.05, 3.63) is 47.0 Å². The first-order valence-corrected chi connectivity index (χ1v) is 4.73. The molecule has 18 heavy (non-hydrogen) atoms. The lowest BCUT2D eigenvalue weighted by Crippen LogP contribution is -2.36. The fraction of sp³-hybridized carbons (Fsp3) is 0.273. The van der Waals surface area contributed by atoms with Crippen LogP contribution in [-0.4, -0.2) is 6.18 Å². The number of allylic oxidation sites excluding steroid dienone is 2. The summed E-state index contributed by atoms with van der Waals surface area (Å²) in [6, 6.07) is 3.31. The molecule has 0 heterocycles. The standard InChI is InChI=1S/C11H5F7/c12-9(13)5-8(11(16,17)18)10(14,15)7-4-2-1-3-6(7)9/h1-5H. The molecule has 0 aliphatic heterocycles. The molecule has 1 aliphatic carbocycles. The quantitative estimate of drug-likeness (QED) is 0.485. The molecule has 0 spiro atoms. The van der Waals surface area contributed by atoms with E-state index in [2.05, 4.69) is 0 Å². The summed E-state index contributed by atoms with van der Waals surface area (Å²) in [5.74, 6) is -8.54. The van der Waals surface area contributed by atoms with Crippen LogP contribution in [0.15, 0.2) is 35.9 Å². The third-order valence-corrected chi connectivity index (χ3v) is 2.59. The SMILES string of the molecule is FC(F)(F)C1=CC(F)(F)c2ccccc2C1(F)F. The molecule has 98 valence electrons. The lowest BCUT2D eigenvalue weighted by molar-refractivity contribution is -0.139. The summed E-state index contributed by atoms with van der Waals surface area (Å²) in [7, 11) is 0. The topological polar surface area (TPSA) is 0 Å². The zero-order valence-corrected chi connectivity index (χ0v) is 8.53. The molecular weight excluding hydrogens is 265 g/mol. The van der Waals surface area contributed by atoms with Crippen molar-refractivity contribution in [1.82, 2.24) is 0 Å². The highest BCUT2D eigenvalue weighted by atomic mass is 19.4. The normalized spacial score (nSPS) is 21.2. The van der Waals surface area contributed by atoms with Gasteiger partial charge in [-0.15, -0.1) is 0 Å². The van der Waals surface area contributed by atoms with E-state index >= 15 is 0 Å². The fourth-order valence-corrected chi connectivity index (χ4v) is 1.80. The van der Waals surface area contributed by atoms with E-state index in [0.29, 0.717) is 12.1 Å². The Labute approximate surface area is 96.7 Å². The molecule has 1 aromatic rings. The van der Waals surface area contributed by atoms with Crippen molar-refractivity contribution >= 4 is 0 Å². The van der Waals surface area contributed by atoms with E-state index < -0.39 is 40.8 Å². The molecule has 1 aliphatic rings. The molecule has 0 amide bonds. The minimum Gasteiger partial charge on any atom is -0.196 e. The maximum Gasteiger partial charge on any atom is 0.418 e. The molecule has 0 nitrogen and oxygen atoms in total. The van der Waals surface area contributed by atoms with E-state index in [9.17, 15) is 30.7 Å². The number of rotatable bonds is 0. The van der Waals surface area contributed by atoms with Crippen molar-refractivity contribution in [3.8, 4) is 0 Å². The number of hydrogen-bond donors (Lipinski definition) is 0. The maximum absolute atomic E-state index is 13.6. The highest BCUT2D eigenvalue weighted by molar-refractivity contribution is 5.47. The van der Waals surface area contributed by atoms with Crippen LogP contribution in [0.5, 0.6) is 0 Å². The van der Waals surface area contributed by atoms with Crippen LogP contribution in [0, 0.1) is 0 Å². The minimum atomic E-state index is -5.51. The van der Waals surface area contributed by atoms with E-state index in [-0.39, 0.29) is 0 Å². The lowest BCUT2D eigenvalue weighted by Gasteiger charge is -2.31. The Balaban J connectivity index is 2.73. The van der Waals surface area contributed by atoms with Gasteiger partial charge in [0.15, 0.2) is 0 Å². The molecule has 1 aromatic carbocycles. The molecule has 0 aromatic heterocycles. The third kappa shape index (κ3) is 1.77. The third-order valence-electron chi connectivity index (χ3n) is 2.59. The Kier molecular flexibility index (Phi) is 2.50. The van der Waals surface area contributed by atoms with Gasteiger partial charge in [0.1, 0.15) is 5.57 Å². The summed E-state index contributed by atoms with van der Waals surface area (Å²) < 4.78 is 91.2. The molecule has 0 radical (unpaired) electrons. The smallest absolute Gasteiger partial charge is 0.196 e. The zero-order chi connectivity index (χ0) is 13.8. The van der Waals surface area contributed by atoms with Crippen LogP contribution in [0.2, 0.25) is 0 Å². The Morgan fingerprint density at radius 3 is 1.83 bits per heavy atom. The van der Waals surface area contributed by atoms with Crippen LogP contribution in [-0.2, 0) is 11.8 Å². The minimum absolute atomic E-state index is 0.571. The number of hydrogen-bond acceptors (Lipinski definition) is 0. The predicted molar refractivity (Wildman–Crippen MR) is 48.4 cm³/mol. The summed E-state index contributed by atoms with van der Waals surface area (Å²) in [4.78, 5) is 0. The summed E-state index contributed by atoms with van der Waals surface area (Å²) in [5.41, 5.74) is -4.95. The first-order chi connectivity index (χ1) is 8.07. The summed E-state index contributed by atoms with van der Waals surface area (Å²) in [6.07, 6.45) is -6.23. The highest BCUT2D eigenvalue weighted by Gasteiger charge is 2.58. The van der Waals surface area contributed by atoms with Crippen molar-refractivity contribution in [2.24, 2.45) is 0 Å². The van der Waals surface area contributed by atoms with E-state index in [4.69, 9.17) is 0 Å². The number of fused-ring (bicyclic) bond motifs is 1. The molecule has 0 fully saturated rings. The van der Waals surface area contributed by atoms with Crippen LogP contribution in [0.25, 0.3) is 0 Å². The number of benzene rings is 1. The molecule has 0 saturated carbocycles. The van der Waals surface area contributed by atoms with Crippen molar-refractivity contribution in [2.75, 3.05) is 0 Å². The maximum atomic E-state index is 13.6. The molecule has 7 heteroatoms. The Morgan fingerprint density at radius 2 is 1.33 bits per heavy atom. The largest absolute Gasteiger partial charge is 0.418 e. The summed E-state index contributed by atoms with van der Waals surface area (Å²) in [5, 5.41) is 0. The monoisotopic (exact) mass is 270 g/mol. The Bertz CT molecular complexity index is 510. The molecule has 0 saturated heterocycles. The van der Waals surface area contributed by atoms with Crippen molar-refractivity contribution < 1.29 is 30.7 Å². The van der Waals surface area contributed by atoms with Gasteiger partial charge in [0.05, 0.1) is 0 Å². The van der Waals surface area contributed by atoms with Gasteiger partial charge in [-0.05, 0) is 0 Å². The number of halogens is 7. The van der Waals surface area contributed by atoms with Gasteiger partial charge in [0.2, 0.25) is 0 Å².